The van der Waals surface area contributed by atoms with Crippen LogP contribution in [0.4, 0.5) is 11.4 Å². The zero-order valence-corrected chi connectivity index (χ0v) is 10.8. The highest BCUT2D eigenvalue weighted by molar-refractivity contribution is 5.61. The van der Waals surface area contributed by atoms with Crippen LogP contribution in [0.25, 0.3) is 0 Å². The first-order chi connectivity index (χ1) is 9.20. The highest BCUT2D eigenvalue weighted by Crippen LogP contribution is 2.23. The van der Waals surface area contributed by atoms with Crippen molar-refractivity contribution >= 4 is 11.4 Å². The van der Waals surface area contributed by atoms with Gasteiger partial charge in [0.15, 0.2) is 0 Å². The molecule has 0 unspecified atom stereocenters. The van der Waals surface area contributed by atoms with Gasteiger partial charge in [-0.1, -0.05) is 43.3 Å². The van der Waals surface area contributed by atoms with E-state index in [-0.39, 0.29) is 10.6 Å². The van der Waals surface area contributed by atoms with Crippen molar-refractivity contribution in [2.45, 2.75) is 19.9 Å². The molecular formula is C15H16N2O2. The van der Waals surface area contributed by atoms with Gasteiger partial charge in [-0.25, -0.2) is 0 Å². The predicted octanol–water partition coefficient (Wildman–Crippen LogP) is 3.77. The Morgan fingerprint density at radius 3 is 2.32 bits per heavy atom. The number of nitrogens with zero attached hydrogens (tertiary/aromatic N) is 1. The third-order valence-corrected chi connectivity index (χ3v) is 3.01. The standard InChI is InChI=1S/C15H16N2O2/c1-2-12-7-9-13(10-8-12)11-16-14-5-3-4-6-15(14)17(18)19/h3-10,16H,2,11H2,1H3. The largest absolute Gasteiger partial charge is 0.375 e. The molecule has 0 amide bonds. The van der Waals surface area contributed by atoms with E-state index in [1.54, 1.807) is 18.2 Å². The van der Waals surface area contributed by atoms with Gasteiger partial charge in [-0.3, -0.25) is 10.1 Å². The molecule has 0 aliphatic rings. The minimum Gasteiger partial charge on any atom is -0.375 e. The Balaban J connectivity index is 2.07. The molecule has 0 fully saturated rings. The number of benzene rings is 2. The van der Waals surface area contributed by atoms with Gasteiger partial charge in [-0.15, -0.1) is 0 Å². The average Bonchev–Trinajstić information content (AvgIpc) is 2.46. The molecule has 0 aliphatic carbocycles. The van der Waals surface area contributed by atoms with Crippen LogP contribution in [0.15, 0.2) is 48.5 Å². The van der Waals surface area contributed by atoms with Crippen LogP contribution in [-0.2, 0) is 13.0 Å². The number of hydrogen-bond donors (Lipinski definition) is 1. The van der Waals surface area contributed by atoms with E-state index in [2.05, 4.69) is 24.4 Å². The van der Waals surface area contributed by atoms with E-state index < -0.39 is 0 Å². The number of nitrogens with one attached hydrogen (secondary N) is 1. The highest BCUT2D eigenvalue weighted by Gasteiger charge is 2.11. The molecule has 1 N–H and O–H groups in total. The summed E-state index contributed by atoms with van der Waals surface area (Å²) < 4.78 is 0. The summed E-state index contributed by atoms with van der Waals surface area (Å²) in [5, 5.41) is 14.0. The second-order valence-corrected chi connectivity index (χ2v) is 4.30. The molecule has 19 heavy (non-hydrogen) atoms. The van der Waals surface area contributed by atoms with Crippen molar-refractivity contribution in [3.8, 4) is 0 Å². The SMILES string of the molecule is CCc1ccc(CNc2ccccc2[N+](=O)[O-])cc1. The summed E-state index contributed by atoms with van der Waals surface area (Å²) in [6.45, 7) is 2.69. The number of aryl methyl sites for hydroxylation is 1. The Hall–Kier alpha value is -2.36. The van der Waals surface area contributed by atoms with Crippen molar-refractivity contribution in [2.24, 2.45) is 0 Å². The smallest absolute Gasteiger partial charge is 0.292 e. The molecule has 0 bridgehead atoms. The monoisotopic (exact) mass is 256 g/mol. The van der Waals surface area contributed by atoms with Crippen LogP contribution in [0.3, 0.4) is 0 Å². The molecule has 0 aromatic heterocycles. The maximum atomic E-state index is 10.9. The van der Waals surface area contributed by atoms with E-state index in [4.69, 9.17) is 0 Å². The van der Waals surface area contributed by atoms with Crippen molar-refractivity contribution in [3.05, 3.63) is 69.8 Å². The quantitative estimate of drug-likeness (QED) is 0.654. The van der Waals surface area contributed by atoms with Crippen LogP contribution in [-0.4, -0.2) is 4.92 Å². The second-order valence-electron chi connectivity index (χ2n) is 4.30. The zero-order valence-electron chi connectivity index (χ0n) is 10.8. The summed E-state index contributed by atoms with van der Waals surface area (Å²) in [4.78, 5) is 10.5. The molecule has 0 radical (unpaired) electrons. The van der Waals surface area contributed by atoms with Gasteiger partial charge in [0, 0.05) is 12.6 Å². The van der Waals surface area contributed by atoms with Crippen molar-refractivity contribution < 1.29 is 4.92 Å². The van der Waals surface area contributed by atoms with Crippen LogP contribution in [0.5, 0.6) is 0 Å². The van der Waals surface area contributed by atoms with Gasteiger partial charge in [0.05, 0.1) is 4.92 Å². The lowest BCUT2D eigenvalue weighted by molar-refractivity contribution is -0.384. The minimum absolute atomic E-state index is 0.104. The van der Waals surface area contributed by atoms with Gasteiger partial charge in [0.2, 0.25) is 0 Å². The third kappa shape index (κ3) is 3.31. The van der Waals surface area contributed by atoms with E-state index in [0.29, 0.717) is 12.2 Å². The molecule has 2 aromatic carbocycles. The number of hydrogen-bond acceptors (Lipinski definition) is 3. The number of nitro benzene ring substituents is 1. The summed E-state index contributed by atoms with van der Waals surface area (Å²) in [6.07, 6.45) is 1.01. The fourth-order valence-corrected chi connectivity index (χ4v) is 1.87. The van der Waals surface area contributed by atoms with E-state index in [9.17, 15) is 10.1 Å². The van der Waals surface area contributed by atoms with Crippen molar-refractivity contribution in [1.29, 1.82) is 0 Å². The molecule has 0 heterocycles. The lowest BCUT2D eigenvalue weighted by atomic mass is 10.1. The van der Waals surface area contributed by atoms with Gasteiger partial charge < -0.3 is 5.32 Å². The van der Waals surface area contributed by atoms with E-state index in [1.165, 1.54) is 11.6 Å². The first-order valence-corrected chi connectivity index (χ1v) is 6.26. The molecule has 0 saturated carbocycles. The number of rotatable bonds is 5. The molecule has 2 aromatic rings. The summed E-state index contributed by atoms with van der Waals surface area (Å²) in [6, 6.07) is 14.9. The molecule has 0 saturated heterocycles. The first-order valence-electron chi connectivity index (χ1n) is 6.26. The molecule has 98 valence electrons. The fraction of sp³-hybridized carbons (Fsp3) is 0.200. The Labute approximate surface area is 112 Å². The fourth-order valence-electron chi connectivity index (χ4n) is 1.87. The van der Waals surface area contributed by atoms with Crippen LogP contribution < -0.4 is 5.32 Å². The van der Waals surface area contributed by atoms with E-state index in [0.717, 1.165) is 12.0 Å². The van der Waals surface area contributed by atoms with Crippen LogP contribution in [0.1, 0.15) is 18.1 Å². The molecule has 0 spiro atoms. The normalized spacial score (nSPS) is 10.2. The van der Waals surface area contributed by atoms with Crippen molar-refractivity contribution in [1.82, 2.24) is 0 Å². The van der Waals surface area contributed by atoms with Crippen LogP contribution in [0.2, 0.25) is 0 Å². The van der Waals surface area contributed by atoms with Crippen LogP contribution >= 0.6 is 0 Å². The summed E-state index contributed by atoms with van der Waals surface area (Å²) in [7, 11) is 0. The Bertz CT molecular complexity index is 565. The van der Waals surface area contributed by atoms with Gasteiger partial charge >= 0.3 is 0 Å². The number of nitro groups is 1. The topological polar surface area (TPSA) is 55.2 Å². The van der Waals surface area contributed by atoms with E-state index in [1.807, 2.05) is 12.1 Å². The van der Waals surface area contributed by atoms with Gasteiger partial charge in [-0.2, -0.15) is 0 Å². The number of para-hydroxylation sites is 2. The lowest BCUT2D eigenvalue weighted by Crippen LogP contribution is -2.02. The van der Waals surface area contributed by atoms with Crippen molar-refractivity contribution in [2.75, 3.05) is 5.32 Å². The van der Waals surface area contributed by atoms with Crippen molar-refractivity contribution in [3.63, 3.8) is 0 Å². The Morgan fingerprint density at radius 1 is 1.05 bits per heavy atom. The molecule has 4 heteroatoms. The highest BCUT2D eigenvalue weighted by atomic mass is 16.6. The second kappa shape index (κ2) is 6.00. The molecule has 0 aliphatic heterocycles. The molecule has 4 nitrogen and oxygen atoms in total. The maximum absolute atomic E-state index is 10.9. The van der Waals surface area contributed by atoms with Gasteiger partial charge in [0.1, 0.15) is 5.69 Å². The van der Waals surface area contributed by atoms with Crippen LogP contribution in [0, 0.1) is 10.1 Å². The Morgan fingerprint density at radius 2 is 1.68 bits per heavy atom. The summed E-state index contributed by atoms with van der Waals surface area (Å²) >= 11 is 0. The maximum Gasteiger partial charge on any atom is 0.292 e. The Kier molecular flexibility index (Phi) is 4.13. The predicted molar refractivity (Wildman–Crippen MR) is 76.2 cm³/mol. The summed E-state index contributed by atoms with van der Waals surface area (Å²) in [5.41, 5.74) is 3.05. The number of anilines is 1. The summed E-state index contributed by atoms with van der Waals surface area (Å²) in [5.74, 6) is 0. The lowest BCUT2D eigenvalue weighted by Gasteiger charge is -2.07. The third-order valence-electron chi connectivity index (χ3n) is 3.01. The molecule has 0 atom stereocenters. The average molecular weight is 256 g/mol. The first kappa shape index (κ1) is 13.1. The van der Waals surface area contributed by atoms with E-state index >= 15 is 0 Å². The molecular weight excluding hydrogens is 240 g/mol. The van der Waals surface area contributed by atoms with Gasteiger partial charge in [0.25, 0.3) is 5.69 Å². The van der Waals surface area contributed by atoms with Gasteiger partial charge in [-0.05, 0) is 23.6 Å². The zero-order chi connectivity index (χ0) is 13.7. The molecule has 2 rings (SSSR count). The minimum atomic E-state index is -0.373.